The largest absolute Gasteiger partial charge is 0.310 e. The molecule has 0 fully saturated rings. The van der Waals surface area contributed by atoms with E-state index in [1.807, 2.05) is 12.1 Å². The van der Waals surface area contributed by atoms with Crippen LogP contribution < -0.4 is 5.32 Å². The minimum atomic E-state index is -0.217. The minimum absolute atomic E-state index is 0.217. The molecule has 3 heteroatoms. The Hall–Kier alpha value is -1.19. The van der Waals surface area contributed by atoms with Gasteiger partial charge in [-0.3, -0.25) is 0 Å². The highest BCUT2D eigenvalue weighted by molar-refractivity contribution is 9.10. The minimum Gasteiger partial charge on any atom is -0.310 e. The van der Waals surface area contributed by atoms with Crippen molar-refractivity contribution in [2.45, 2.75) is 33.2 Å². The molecule has 1 nitrogen and oxygen atoms in total. The molecule has 1 N–H and O–H groups in total. The van der Waals surface area contributed by atoms with Crippen LogP contribution in [-0.4, -0.2) is 6.54 Å². The summed E-state index contributed by atoms with van der Waals surface area (Å²) < 4.78 is 13.9. The van der Waals surface area contributed by atoms with Gasteiger partial charge in [0, 0.05) is 6.04 Å². The van der Waals surface area contributed by atoms with E-state index in [2.05, 4.69) is 60.2 Å². The zero-order chi connectivity index (χ0) is 15.4. The molecule has 2 aromatic rings. The summed E-state index contributed by atoms with van der Waals surface area (Å²) in [6.45, 7) is 7.25. The van der Waals surface area contributed by atoms with Crippen LogP contribution in [0.1, 0.15) is 35.2 Å². The fourth-order valence-corrected chi connectivity index (χ4v) is 3.09. The van der Waals surface area contributed by atoms with Crippen molar-refractivity contribution in [3.63, 3.8) is 0 Å². The van der Waals surface area contributed by atoms with Crippen molar-refractivity contribution < 1.29 is 4.39 Å². The molecule has 0 aliphatic carbocycles. The molecule has 2 aromatic carbocycles. The standard InChI is InChI=1S/C18H21BrFN/c1-4-21-18(15-8-12(2)7-13(3)9-15)11-14-5-6-17(20)16(19)10-14/h5-10,18,21H,4,11H2,1-3H3. The number of hydrogen-bond donors (Lipinski definition) is 1. The topological polar surface area (TPSA) is 12.0 Å². The number of benzene rings is 2. The average molecular weight is 350 g/mol. The third-order valence-corrected chi connectivity index (χ3v) is 4.13. The van der Waals surface area contributed by atoms with E-state index in [0.717, 1.165) is 18.5 Å². The van der Waals surface area contributed by atoms with Gasteiger partial charge in [0.05, 0.1) is 4.47 Å². The van der Waals surface area contributed by atoms with Gasteiger partial charge in [-0.15, -0.1) is 0 Å². The van der Waals surface area contributed by atoms with E-state index in [0.29, 0.717) is 4.47 Å². The van der Waals surface area contributed by atoms with E-state index in [1.165, 1.54) is 22.8 Å². The van der Waals surface area contributed by atoms with Crippen molar-refractivity contribution in [3.8, 4) is 0 Å². The maximum atomic E-state index is 13.4. The van der Waals surface area contributed by atoms with Gasteiger partial charge in [-0.2, -0.15) is 0 Å². The van der Waals surface area contributed by atoms with E-state index in [4.69, 9.17) is 0 Å². The second-order valence-electron chi connectivity index (χ2n) is 5.48. The maximum absolute atomic E-state index is 13.4. The molecule has 2 rings (SSSR count). The molecule has 0 amide bonds. The summed E-state index contributed by atoms with van der Waals surface area (Å²) in [6.07, 6.45) is 0.843. The lowest BCUT2D eigenvalue weighted by Crippen LogP contribution is -2.23. The molecule has 0 spiro atoms. The maximum Gasteiger partial charge on any atom is 0.137 e. The zero-order valence-electron chi connectivity index (χ0n) is 12.7. The van der Waals surface area contributed by atoms with Crippen LogP contribution in [0.2, 0.25) is 0 Å². The van der Waals surface area contributed by atoms with Crippen LogP contribution >= 0.6 is 15.9 Å². The third kappa shape index (κ3) is 4.39. The van der Waals surface area contributed by atoms with Crippen molar-refractivity contribution in [3.05, 3.63) is 68.9 Å². The molecule has 0 heterocycles. The van der Waals surface area contributed by atoms with Gasteiger partial charge >= 0.3 is 0 Å². The first-order valence-electron chi connectivity index (χ1n) is 7.25. The normalized spacial score (nSPS) is 12.4. The fourth-order valence-electron chi connectivity index (χ4n) is 2.67. The molecule has 0 saturated heterocycles. The zero-order valence-corrected chi connectivity index (χ0v) is 14.3. The Morgan fingerprint density at radius 3 is 2.33 bits per heavy atom. The van der Waals surface area contributed by atoms with Gasteiger partial charge in [-0.05, 0) is 66.0 Å². The second-order valence-corrected chi connectivity index (χ2v) is 6.34. The smallest absolute Gasteiger partial charge is 0.137 e. The Morgan fingerprint density at radius 1 is 1.10 bits per heavy atom. The summed E-state index contributed by atoms with van der Waals surface area (Å²) in [5.74, 6) is -0.217. The lowest BCUT2D eigenvalue weighted by molar-refractivity contribution is 0.547. The number of hydrogen-bond acceptors (Lipinski definition) is 1. The molecule has 1 atom stereocenters. The first-order valence-corrected chi connectivity index (χ1v) is 8.04. The summed E-state index contributed by atoms with van der Waals surface area (Å²) in [6, 6.07) is 12.1. The number of nitrogens with one attached hydrogen (secondary N) is 1. The third-order valence-electron chi connectivity index (χ3n) is 3.52. The van der Waals surface area contributed by atoms with Crippen LogP contribution in [-0.2, 0) is 6.42 Å². The Bertz CT molecular complexity index is 604. The molecule has 1 unspecified atom stereocenters. The van der Waals surface area contributed by atoms with E-state index < -0.39 is 0 Å². The number of halogens is 2. The van der Waals surface area contributed by atoms with Crippen molar-refractivity contribution in [1.82, 2.24) is 5.32 Å². The predicted octanol–water partition coefficient (Wildman–Crippen LogP) is 5.10. The van der Waals surface area contributed by atoms with Gasteiger partial charge in [0.25, 0.3) is 0 Å². The van der Waals surface area contributed by atoms with Gasteiger partial charge < -0.3 is 5.32 Å². The highest BCUT2D eigenvalue weighted by Crippen LogP contribution is 2.24. The Labute approximate surface area is 134 Å². The van der Waals surface area contributed by atoms with Gasteiger partial charge in [-0.1, -0.05) is 42.3 Å². The van der Waals surface area contributed by atoms with Crippen molar-refractivity contribution >= 4 is 15.9 Å². The van der Waals surface area contributed by atoms with E-state index in [1.54, 1.807) is 0 Å². The molecule has 0 radical (unpaired) electrons. The molecule has 0 saturated carbocycles. The molecule has 0 aromatic heterocycles. The summed E-state index contributed by atoms with van der Waals surface area (Å²) in [7, 11) is 0. The first-order chi connectivity index (χ1) is 9.99. The Balaban J connectivity index is 2.27. The SMILES string of the molecule is CCNC(Cc1ccc(F)c(Br)c1)c1cc(C)cc(C)c1. The van der Waals surface area contributed by atoms with Crippen molar-refractivity contribution in [2.24, 2.45) is 0 Å². The molecular weight excluding hydrogens is 329 g/mol. The van der Waals surface area contributed by atoms with Gasteiger partial charge in [0.2, 0.25) is 0 Å². The number of likely N-dealkylation sites (N-methyl/N-ethyl adjacent to an activating group) is 1. The fraction of sp³-hybridized carbons (Fsp3) is 0.333. The molecule has 112 valence electrons. The molecule has 0 aliphatic rings. The van der Waals surface area contributed by atoms with Crippen LogP contribution in [0.4, 0.5) is 4.39 Å². The summed E-state index contributed by atoms with van der Waals surface area (Å²) in [5, 5.41) is 3.53. The summed E-state index contributed by atoms with van der Waals surface area (Å²) in [4.78, 5) is 0. The van der Waals surface area contributed by atoms with Crippen LogP contribution in [0, 0.1) is 19.7 Å². The van der Waals surface area contributed by atoms with E-state index >= 15 is 0 Å². The summed E-state index contributed by atoms with van der Waals surface area (Å²) in [5.41, 5.74) is 4.95. The van der Waals surface area contributed by atoms with Crippen LogP contribution in [0.25, 0.3) is 0 Å². The monoisotopic (exact) mass is 349 g/mol. The van der Waals surface area contributed by atoms with Crippen molar-refractivity contribution in [2.75, 3.05) is 6.54 Å². The highest BCUT2D eigenvalue weighted by Gasteiger charge is 2.13. The summed E-state index contributed by atoms with van der Waals surface area (Å²) >= 11 is 3.26. The first kappa shape index (κ1) is 16.2. The quantitative estimate of drug-likeness (QED) is 0.791. The highest BCUT2D eigenvalue weighted by atomic mass is 79.9. The average Bonchev–Trinajstić information content (AvgIpc) is 2.41. The molecule has 0 bridgehead atoms. The Kier molecular flexibility index (Phi) is 5.54. The Morgan fingerprint density at radius 2 is 1.76 bits per heavy atom. The predicted molar refractivity (Wildman–Crippen MR) is 90.1 cm³/mol. The van der Waals surface area contributed by atoms with Crippen LogP contribution in [0.3, 0.4) is 0 Å². The number of rotatable bonds is 5. The second kappa shape index (κ2) is 7.19. The van der Waals surface area contributed by atoms with E-state index in [9.17, 15) is 4.39 Å². The van der Waals surface area contributed by atoms with Gasteiger partial charge in [0.15, 0.2) is 0 Å². The lowest BCUT2D eigenvalue weighted by Gasteiger charge is -2.20. The molecule has 0 aliphatic heterocycles. The van der Waals surface area contributed by atoms with Crippen LogP contribution in [0.5, 0.6) is 0 Å². The lowest BCUT2D eigenvalue weighted by atomic mass is 9.96. The van der Waals surface area contributed by atoms with Gasteiger partial charge in [0.1, 0.15) is 5.82 Å². The van der Waals surface area contributed by atoms with E-state index in [-0.39, 0.29) is 11.9 Å². The van der Waals surface area contributed by atoms with Gasteiger partial charge in [-0.25, -0.2) is 4.39 Å². The van der Waals surface area contributed by atoms with Crippen molar-refractivity contribution in [1.29, 1.82) is 0 Å². The molecular formula is C18H21BrFN. The molecule has 21 heavy (non-hydrogen) atoms. The number of aryl methyl sites for hydroxylation is 2. The van der Waals surface area contributed by atoms with Crippen LogP contribution in [0.15, 0.2) is 40.9 Å².